The SMILES string of the molecule is CC(C)n1ncc(S(=O)(=O)NC2CCCCCC2)c1N. The molecular formula is C13H24N4O2S. The Labute approximate surface area is 120 Å². The van der Waals surface area contributed by atoms with Crippen LogP contribution in [0.1, 0.15) is 58.4 Å². The number of nitrogens with two attached hydrogens (primary N) is 1. The molecule has 0 aliphatic heterocycles. The highest BCUT2D eigenvalue weighted by Gasteiger charge is 2.26. The molecule has 0 unspecified atom stereocenters. The van der Waals surface area contributed by atoms with Gasteiger partial charge in [-0.05, 0) is 26.7 Å². The Morgan fingerprint density at radius 1 is 1.30 bits per heavy atom. The summed E-state index contributed by atoms with van der Waals surface area (Å²) in [5.41, 5.74) is 5.91. The summed E-state index contributed by atoms with van der Waals surface area (Å²) >= 11 is 0. The van der Waals surface area contributed by atoms with E-state index in [0.717, 1.165) is 25.7 Å². The van der Waals surface area contributed by atoms with Gasteiger partial charge in [0.15, 0.2) is 0 Å². The van der Waals surface area contributed by atoms with Crippen molar-refractivity contribution in [2.75, 3.05) is 5.73 Å². The van der Waals surface area contributed by atoms with E-state index in [2.05, 4.69) is 9.82 Å². The Balaban J connectivity index is 2.17. The van der Waals surface area contributed by atoms with Crippen LogP contribution in [0.25, 0.3) is 0 Å². The van der Waals surface area contributed by atoms with Gasteiger partial charge in [0, 0.05) is 12.1 Å². The van der Waals surface area contributed by atoms with Gasteiger partial charge >= 0.3 is 0 Å². The summed E-state index contributed by atoms with van der Waals surface area (Å²) in [6.45, 7) is 3.83. The minimum Gasteiger partial charge on any atom is -0.383 e. The molecule has 2 rings (SSSR count). The van der Waals surface area contributed by atoms with Crippen molar-refractivity contribution in [1.82, 2.24) is 14.5 Å². The molecule has 20 heavy (non-hydrogen) atoms. The van der Waals surface area contributed by atoms with Crippen LogP contribution >= 0.6 is 0 Å². The van der Waals surface area contributed by atoms with Crippen molar-refractivity contribution >= 4 is 15.8 Å². The number of nitrogens with one attached hydrogen (secondary N) is 1. The van der Waals surface area contributed by atoms with Crippen molar-refractivity contribution in [1.29, 1.82) is 0 Å². The number of sulfonamides is 1. The van der Waals surface area contributed by atoms with Crippen molar-refractivity contribution in [2.24, 2.45) is 0 Å². The fourth-order valence-corrected chi connectivity index (χ4v) is 4.01. The summed E-state index contributed by atoms with van der Waals surface area (Å²) in [6, 6.07) is 0.0566. The zero-order valence-corrected chi connectivity index (χ0v) is 13.0. The molecule has 114 valence electrons. The van der Waals surface area contributed by atoms with Crippen LogP contribution in [0.2, 0.25) is 0 Å². The van der Waals surface area contributed by atoms with E-state index in [1.807, 2.05) is 13.8 Å². The van der Waals surface area contributed by atoms with Gasteiger partial charge < -0.3 is 5.73 Å². The highest BCUT2D eigenvalue weighted by molar-refractivity contribution is 7.89. The molecule has 0 atom stereocenters. The van der Waals surface area contributed by atoms with Gasteiger partial charge in [-0.1, -0.05) is 25.7 Å². The van der Waals surface area contributed by atoms with E-state index in [4.69, 9.17) is 5.73 Å². The Kier molecular flexibility index (Phi) is 4.70. The normalized spacial score (nSPS) is 18.4. The lowest BCUT2D eigenvalue weighted by atomic mass is 10.1. The first kappa shape index (κ1) is 15.3. The minimum atomic E-state index is -3.58. The van der Waals surface area contributed by atoms with Crippen molar-refractivity contribution in [3.63, 3.8) is 0 Å². The maximum absolute atomic E-state index is 12.4. The van der Waals surface area contributed by atoms with E-state index in [9.17, 15) is 8.42 Å². The molecule has 0 radical (unpaired) electrons. The summed E-state index contributed by atoms with van der Waals surface area (Å²) in [5, 5.41) is 4.07. The molecule has 7 heteroatoms. The molecule has 0 amide bonds. The third kappa shape index (κ3) is 3.32. The summed E-state index contributed by atoms with van der Waals surface area (Å²) in [5.74, 6) is 0.209. The van der Waals surface area contributed by atoms with Crippen LogP contribution < -0.4 is 10.5 Å². The van der Waals surface area contributed by atoms with Gasteiger partial charge in [-0.2, -0.15) is 5.10 Å². The van der Waals surface area contributed by atoms with Gasteiger partial charge in [0.25, 0.3) is 0 Å². The lowest BCUT2D eigenvalue weighted by Gasteiger charge is -2.16. The molecule has 1 aliphatic rings. The van der Waals surface area contributed by atoms with E-state index in [0.29, 0.717) is 0 Å². The predicted molar refractivity (Wildman–Crippen MR) is 78.8 cm³/mol. The average Bonchev–Trinajstić information content (AvgIpc) is 2.58. The number of nitrogens with zero attached hydrogens (tertiary/aromatic N) is 2. The van der Waals surface area contributed by atoms with E-state index in [-0.39, 0.29) is 22.8 Å². The number of aromatic nitrogens is 2. The summed E-state index contributed by atoms with van der Waals surface area (Å²) < 4.78 is 29.2. The average molecular weight is 300 g/mol. The van der Waals surface area contributed by atoms with Crippen LogP contribution in [-0.2, 0) is 10.0 Å². The lowest BCUT2D eigenvalue weighted by molar-refractivity contribution is 0.509. The van der Waals surface area contributed by atoms with Crippen molar-refractivity contribution in [2.45, 2.75) is 69.4 Å². The Bertz CT molecular complexity index is 543. The summed E-state index contributed by atoms with van der Waals surface area (Å²) in [6.07, 6.45) is 7.67. The third-order valence-corrected chi connectivity index (χ3v) is 5.29. The number of hydrogen-bond acceptors (Lipinski definition) is 4. The van der Waals surface area contributed by atoms with Gasteiger partial charge in [-0.25, -0.2) is 17.8 Å². The van der Waals surface area contributed by atoms with Crippen molar-refractivity contribution < 1.29 is 8.42 Å². The molecule has 6 nitrogen and oxygen atoms in total. The summed E-state index contributed by atoms with van der Waals surface area (Å²) in [4.78, 5) is 0.0930. The van der Waals surface area contributed by atoms with Gasteiger partial charge in [-0.15, -0.1) is 0 Å². The smallest absolute Gasteiger partial charge is 0.246 e. The van der Waals surface area contributed by atoms with Crippen LogP contribution in [0, 0.1) is 0 Å². The minimum absolute atomic E-state index is 0.0179. The van der Waals surface area contributed by atoms with Gasteiger partial charge in [-0.3, -0.25) is 0 Å². The molecule has 0 saturated heterocycles. The molecular weight excluding hydrogens is 276 g/mol. The van der Waals surface area contributed by atoms with E-state index >= 15 is 0 Å². The van der Waals surface area contributed by atoms with E-state index in [1.54, 1.807) is 0 Å². The zero-order valence-electron chi connectivity index (χ0n) is 12.2. The second kappa shape index (κ2) is 6.13. The van der Waals surface area contributed by atoms with Gasteiger partial charge in [0.2, 0.25) is 10.0 Å². The standard InChI is InChI=1S/C13H24N4O2S/c1-10(2)17-13(14)12(9-15-17)20(18,19)16-11-7-5-3-4-6-8-11/h9-11,16H,3-8,14H2,1-2H3. The highest BCUT2D eigenvalue weighted by Crippen LogP contribution is 2.23. The van der Waals surface area contributed by atoms with Gasteiger partial charge in [0.1, 0.15) is 10.7 Å². The molecule has 1 saturated carbocycles. The second-order valence-corrected chi connectivity index (χ2v) is 7.42. The number of anilines is 1. The Morgan fingerprint density at radius 3 is 2.40 bits per heavy atom. The topological polar surface area (TPSA) is 90.0 Å². The second-order valence-electron chi connectivity index (χ2n) is 5.74. The quantitative estimate of drug-likeness (QED) is 0.833. The van der Waals surface area contributed by atoms with Crippen LogP contribution in [0.4, 0.5) is 5.82 Å². The fraction of sp³-hybridized carbons (Fsp3) is 0.769. The van der Waals surface area contributed by atoms with Crippen LogP contribution in [-0.4, -0.2) is 24.2 Å². The molecule has 1 fully saturated rings. The molecule has 3 N–H and O–H groups in total. The van der Waals surface area contributed by atoms with Crippen molar-refractivity contribution in [3.05, 3.63) is 6.20 Å². The highest BCUT2D eigenvalue weighted by atomic mass is 32.2. The Hall–Kier alpha value is -1.08. The molecule has 1 aromatic rings. The fourth-order valence-electron chi connectivity index (χ4n) is 2.65. The predicted octanol–water partition coefficient (Wildman–Crippen LogP) is 2.05. The maximum Gasteiger partial charge on any atom is 0.246 e. The number of nitrogen functional groups attached to an aromatic ring is 1. The third-order valence-electron chi connectivity index (χ3n) is 3.75. The monoisotopic (exact) mass is 300 g/mol. The van der Waals surface area contributed by atoms with Gasteiger partial charge in [0.05, 0.1) is 6.20 Å². The van der Waals surface area contributed by atoms with E-state index in [1.165, 1.54) is 23.7 Å². The molecule has 0 bridgehead atoms. The van der Waals surface area contributed by atoms with Crippen molar-refractivity contribution in [3.8, 4) is 0 Å². The van der Waals surface area contributed by atoms with Crippen LogP contribution in [0.3, 0.4) is 0 Å². The molecule has 0 aromatic carbocycles. The first-order chi connectivity index (χ1) is 9.42. The molecule has 1 aliphatic carbocycles. The van der Waals surface area contributed by atoms with Crippen LogP contribution in [0.5, 0.6) is 0 Å². The van der Waals surface area contributed by atoms with Crippen LogP contribution in [0.15, 0.2) is 11.1 Å². The number of hydrogen-bond donors (Lipinski definition) is 2. The first-order valence-corrected chi connectivity index (χ1v) is 8.75. The number of rotatable bonds is 4. The lowest BCUT2D eigenvalue weighted by Crippen LogP contribution is -2.34. The zero-order chi connectivity index (χ0) is 14.8. The summed E-state index contributed by atoms with van der Waals surface area (Å²) in [7, 11) is -3.58. The molecule has 1 aromatic heterocycles. The first-order valence-electron chi connectivity index (χ1n) is 7.27. The Morgan fingerprint density at radius 2 is 1.90 bits per heavy atom. The molecule has 1 heterocycles. The molecule has 0 spiro atoms. The van der Waals surface area contributed by atoms with E-state index < -0.39 is 10.0 Å². The maximum atomic E-state index is 12.4. The largest absolute Gasteiger partial charge is 0.383 e.